The third kappa shape index (κ3) is 4.82. The molecule has 1 amide bonds. The molecule has 24 heavy (non-hydrogen) atoms. The number of carbonyl (C=O) groups is 2. The summed E-state index contributed by atoms with van der Waals surface area (Å²) in [5.41, 5.74) is 1.42. The summed E-state index contributed by atoms with van der Waals surface area (Å²) in [7, 11) is 0. The van der Waals surface area contributed by atoms with Gasteiger partial charge in [0.1, 0.15) is 12.6 Å². The van der Waals surface area contributed by atoms with Gasteiger partial charge in [-0.05, 0) is 36.6 Å². The van der Waals surface area contributed by atoms with Gasteiger partial charge < -0.3 is 10.1 Å². The normalized spacial score (nSPS) is 12.0. The maximum Gasteiger partial charge on any atom is 0.329 e. The number of hydrogen-bond acceptors (Lipinski definition) is 4. The number of carbonyl (C=O) groups excluding carboxylic acids is 2. The summed E-state index contributed by atoms with van der Waals surface area (Å²) in [4.78, 5) is 25.6. The Morgan fingerprint density at radius 1 is 1.21 bits per heavy atom. The highest BCUT2D eigenvalue weighted by atomic mass is 35.5. The van der Waals surface area contributed by atoms with E-state index in [9.17, 15) is 9.59 Å². The van der Waals surface area contributed by atoms with Crippen molar-refractivity contribution in [3.05, 3.63) is 56.7 Å². The molecule has 1 aromatic carbocycles. The van der Waals surface area contributed by atoms with Gasteiger partial charge in [-0.2, -0.15) is 0 Å². The average molecular weight is 366 g/mol. The van der Waals surface area contributed by atoms with Gasteiger partial charge in [0.25, 0.3) is 5.91 Å². The van der Waals surface area contributed by atoms with Crippen molar-refractivity contribution < 1.29 is 14.3 Å². The summed E-state index contributed by atoms with van der Waals surface area (Å²) >= 11 is 7.22. The smallest absolute Gasteiger partial charge is 0.329 e. The van der Waals surface area contributed by atoms with Crippen LogP contribution in [-0.2, 0) is 16.1 Å². The number of hydrogen-bond donors (Lipinski definition) is 1. The van der Waals surface area contributed by atoms with E-state index in [0.717, 1.165) is 10.4 Å². The van der Waals surface area contributed by atoms with E-state index in [-0.39, 0.29) is 18.4 Å². The number of aryl methyl sites for hydroxylation is 1. The molecule has 0 bridgehead atoms. The number of halogens is 1. The lowest BCUT2D eigenvalue weighted by molar-refractivity contribution is -0.148. The molecule has 0 saturated heterocycles. The Kier molecular flexibility index (Phi) is 6.40. The second kappa shape index (κ2) is 8.31. The lowest BCUT2D eigenvalue weighted by Gasteiger charge is -2.21. The predicted molar refractivity (Wildman–Crippen MR) is 96.4 cm³/mol. The van der Waals surface area contributed by atoms with Gasteiger partial charge in [0.05, 0.1) is 4.34 Å². The van der Waals surface area contributed by atoms with Crippen molar-refractivity contribution in [1.82, 2.24) is 5.32 Å². The zero-order valence-electron chi connectivity index (χ0n) is 13.8. The quantitative estimate of drug-likeness (QED) is 0.780. The number of nitrogens with one attached hydrogen (secondary N) is 1. The molecule has 6 heteroatoms. The van der Waals surface area contributed by atoms with E-state index in [2.05, 4.69) is 5.32 Å². The van der Waals surface area contributed by atoms with Crippen LogP contribution in [0.2, 0.25) is 4.34 Å². The minimum atomic E-state index is -0.701. The minimum Gasteiger partial charge on any atom is -0.458 e. The zero-order valence-corrected chi connectivity index (χ0v) is 15.4. The molecule has 0 spiro atoms. The number of esters is 1. The molecule has 0 unspecified atom stereocenters. The molecule has 1 N–H and O–H groups in total. The Labute approximate surface area is 150 Å². The van der Waals surface area contributed by atoms with Crippen molar-refractivity contribution in [2.75, 3.05) is 0 Å². The van der Waals surface area contributed by atoms with Crippen molar-refractivity contribution in [2.24, 2.45) is 5.92 Å². The number of benzene rings is 1. The van der Waals surface area contributed by atoms with Crippen molar-refractivity contribution >= 4 is 34.8 Å². The van der Waals surface area contributed by atoms with Crippen LogP contribution in [0.4, 0.5) is 0 Å². The summed E-state index contributed by atoms with van der Waals surface area (Å²) in [6.45, 7) is 5.75. The van der Waals surface area contributed by atoms with Crippen LogP contribution < -0.4 is 5.32 Å². The maximum absolute atomic E-state index is 12.4. The molecule has 128 valence electrons. The SMILES string of the molecule is Cc1ccccc1C(=O)N[C@H](C(=O)OCc1ccc(Cl)s1)C(C)C. The van der Waals surface area contributed by atoms with E-state index in [1.165, 1.54) is 11.3 Å². The van der Waals surface area contributed by atoms with Gasteiger partial charge in [-0.3, -0.25) is 4.79 Å². The fourth-order valence-electron chi connectivity index (χ4n) is 2.21. The van der Waals surface area contributed by atoms with Gasteiger partial charge in [-0.25, -0.2) is 4.79 Å². The standard InChI is InChI=1S/C18H20ClNO3S/c1-11(2)16(18(22)23-10-13-8-9-15(19)24-13)20-17(21)14-7-5-4-6-12(14)3/h4-9,11,16H,10H2,1-3H3,(H,20,21)/t16-/m0/s1. The van der Waals surface area contributed by atoms with Gasteiger partial charge in [0, 0.05) is 10.4 Å². The van der Waals surface area contributed by atoms with E-state index in [4.69, 9.17) is 16.3 Å². The van der Waals surface area contributed by atoms with Crippen LogP contribution in [0, 0.1) is 12.8 Å². The highest BCUT2D eigenvalue weighted by Gasteiger charge is 2.26. The van der Waals surface area contributed by atoms with Crippen LogP contribution >= 0.6 is 22.9 Å². The van der Waals surface area contributed by atoms with E-state index in [1.54, 1.807) is 18.2 Å². The van der Waals surface area contributed by atoms with Crippen LogP contribution in [0.3, 0.4) is 0 Å². The summed E-state index contributed by atoms with van der Waals surface area (Å²) in [6, 6.07) is 10.1. The van der Waals surface area contributed by atoms with E-state index in [0.29, 0.717) is 9.90 Å². The Morgan fingerprint density at radius 2 is 1.92 bits per heavy atom. The topological polar surface area (TPSA) is 55.4 Å². The van der Waals surface area contributed by atoms with Gasteiger partial charge >= 0.3 is 5.97 Å². The molecule has 1 heterocycles. The van der Waals surface area contributed by atoms with Crippen molar-refractivity contribution in [2.45, 2.75) is 33.4 Å². The molecular formula is C18H20ClNO3S. The third-order valence-corrected chi connectivity index (χ3v) is 4.79. The fraction of sp³-hybridized carbons (Fsp3) is 0.333. The lowest BCUT2D eigenvalue weighted by Crippen LogP contribution is -2.45. The zero-order chi connectivity index (χ0) is 17.7. The summed E-state index contributed by atoms with van der Waals surface area (Å²) in [5.74, 6) is -0.809. The van der Waals surface area contributed by atoms with E-state index < -0.39 is 12.0 Å². The fourth-order valence-corrected chi connectivity index (χ4v) is 3.21. The lowest BCUT2D eigenvalue weighted by atomic mass is 10.0. The average Bonchev–Trinajstić information content (AvgIpc) is 2.95. The molecule has 2 aromatic rings. The maximum atomic E-state index is 12.4. The highest BCUT2D eigenvalue weighted by molar-refractivity contribution is 7.16. The second-order valence-electron chi connectivity index (χ2n) is 5.82. The summed E-state index contributed by atoms with van der Waals surface area (Å²) in [5, 5.41) is 2.78. The predicted octanol–water partition coefficient (Wildman–Crippen LogP) is 4.21. The molecule has 1 aromatic heterocycles. The van der Waals surface area contributed by atoms with Crippen LogP contribution in [0.15, 0.2) is 36.4 Å². The highest BCUT2D eigenvalue weighted by Crippen LogP contribution is 2.22. The van der Waals surface area contributed by atoms with E-state index in [1.807, 2.05) is 39.0 Å². The first-order chi connectivity index (χ1) is 11.4. The molecule has 2 rings (SSSR count). The monoisotopic (exact) mass is 365 g/mol. The van der Waals surface area contributed by atoms with Crippen molar-refractivity contribution in [1.29, 1.82) is 0 Å². The summed E-state index contributed by atoms with van der Waals surface area (Å²) < 4.78 is 5.98. The van der Waals surface area contributed by atoms with Gasteiger partial charge in [0.2, 0.25) is 0 Å². The van der Waals surface area contributed by atoms with Gasteiger partial charge in [0.15, 0.2) is 0 Å². The molecular weight excluding hydrogens is 346 g/mol. The molecule has 0 aliphatic heterocycles. The Morgan fingerprint density at radius 3 is 2.50 bits per heavy atom. The largest absolute Gasteiger partial charge is 0.458 e. The van der Waals surface area contributed by atoms with Gasteiger partial charge in [-0.15, -0.1) is 11.3 Å². The first-order valence-electron chi connectivity index (χ1n) is 7.66. The molecule has 0 fully saturated rings. The molecule has 0 radical (unpaired) electrons. The Balaban J connectivity index is 2.01. The number of ether oxygens (including phenoxy) is 1. The van der Waals surface area contributed by atoms with Crippen molar-refractivity contribution in [3.63, 3.8) is 0 Å². The van der Waals surface area contributed by atoms with Crippen molar-refractivity contribution in [3.8, 4) is 0 Å². The molecule has 4 nitrogen and oxygen atoms in total. The Bertz CT molecular complexity index is 727. The first-order valence-corrected chi connectivity index (χ1v) is 8.85. The first kappa shape index (κ1) is 18.5. The van der Waals surface area contributed by atoms with Crippen LogP contribution in [0.5, 0.6) is 0 Å². The van der Waals surface area contributed by atoms with E-state index >= 15 is 0 Å². The summed E-state index contributed by atoms with van der Waals surface area (Å²) in [6.07, 6.45) is 0. The molecule has 0 aliphatic rings. The second-order valence-corrected chi connectivity index (χ2v) is 7.62. The number of thiophene rings is 1. The van der Waals surface area contributed by atoms with Crippen LogP contribution in [0.1, 0.15) is 34.6 Å². The number of rotatable bonds is 6. The Hall–Kier alpha value is -1.85. The molecule has 0 aliphatic carbocycles. The van der Waals surface area contributed by atoms with Crippen LogP contribution in [-0.4, -0.2) is 17.9 Å². The van der Waals surface area contributed by atoms with Gasteiger partial charge in [-0.1, -0.05) is 43.6 Å². The number of amides is 1. The third-order valence-electron chi connectivity index (χ3n) is 3.58. The molecule has 0 saturated carbocycles. The van der Waals surface area contributed by atoms with Crippen LogP contribution in [0.25, 0.3) is 0 Å². The minimum absolute atomic E-state index is 0.0857. The molecule has 1 atom stereocenters.